The lowest BCUT2D eigenvalue weighted by Crippen LogP contribution is -2.19. The van der Waals surface area contributed by atoms with Gasteiger partial charge in [0, 0.05) is 18.8 Å². The van der Waals surface area contributed by atoms with E-state index in [9.17, 15) is 0 Å². The summed E-state index contributed by atoms with van der Waals surface area (Å²) in [7, 11) is 1.66. The number of hydrogen-bond donors (Lipinski definition) is 1. The average Bonchev–Trinajstić information content (AvgIpc) is 2.87. The zero-order valence-corrected chi connectivity index (χ0v) is 13.6. The van der Waals surface area contributed by atoms with Gasteiger partial charge in [-0.3, -0.25) is 0 Å². The van der Waals surface area contributed by atoms with Crippen LogP contribution in [-0.2, 0) is 6.54 Å². The van der Waals surface area contributed by atoms with Crippen LogP contribution in [0.1, 0.15) is 19.5 Å². The monoisotopic (exact) mass is 337 g/mol. The van der Waals surface area contributed by atoms with E-state index in [0.717, 1.165) is 34.7 Å². The van der Waals surface area contributed by atoms with Crippen LogP contribution in [0.4, 0.5) is 0 Å². The first-order valence-electron chi connectivity index (χ1n) is 6.69. The highest BCUT2D eigenvalue weighted by Crippen LogP contribution is 2.26. The van der Waals surface area contributed by atoms with E-state index in [4.69, 9.17) is 4.74 Å². The van der Waals surface area contributed by atoms with Crippen molar-refractivity contribution in [1.82, 2.24) is 15.1 Å². The maximum absolute atomic E-state index is 5.30. The van der Waals surface area contributed by atoms with Gasteiger partial charge in [0.1, 0.15) is 5.75 Å². The molecule has 0 saturated carbocycles. The fourth-order valence-corrected chi connectivity index (χ4v) is 2.29. The second kappa shape index (κ2) is 6.90. The smallest absolute Gasteiger partial charge is 0.135 e. The molecular weight excluding hydrogens is 318 g/mol. The van der Waals surface area contributed by atoms with Crippen molar-refractivity contribution in [2.75, 3.05) is 13.7 Å². The van der Waals surface area contributed by atoms with Crippen molar-refractivity contribution in [3.05, 3.63) is 40.6 Å². The number of methoxy groups -OCH3 is 1. The molecule has 0 amide bonds. The van der Waals surface area contributed by atoms with Crippen molar-refractivity contribution in [3.8, 4) is 11.4 Å². The minimum atomic E-state index is 0.646. The molecule has 0 bridgehead atoms. The lowest BCUT2D eigenvalue weighted by Gasteiger charge is -2.07. The summed E-state index contributed by atoms with van der Waals surface area (Å²) in [4.78, 5) is 0. The maximum Gasteiger partial charge on any atom is 0.135 e. The molecule has 1 N–H and O–H groups in total. The van der Waals surface area contributed by atoms with Crippen molar-refractivity contribution in [1.29, 1.82) is 0 Å². The molecule has 0 fully saturated rings. The van der Waals surface area contributed by atoms with Gasteiger partial charge in [0.25, 0.3) is 0 Å². The number of rotatable bonds is 6. The van der Waals surface area contributed by atoms with Crippen LogP contribution in [0.5, 0.6) is 5.75 Å². The Kier molecular flexibility index (Phi) is 5.20. The molecule has 0 aliphatic carbocycles. The highest BCUT2D eigenvalue weighted by atomic mass is 79.9. The van der Waals surface area contributed by atoms with E-state index in [0.29, 0.717) is 5.92 Å². The fourth-order valence-electron chi connectivity index (χ4n) is 1.88. The average molecular weight is 338 g/mol. The van der Waals surface area contributed by atoms with Crippen LogP contribution in [0.3, 0.4) is 0 Å². The van der Waals surface area contributed by atoms with Gasteiger partial charge in [-0.2, -0.15) is 5.10 Å². The van der Waals surface area contributed by atoms with Crippen LogP contribution in [0.15, 0.2) is 34.9 Å². The lowest BCUT2D eigenvalue weighted by atomic mass is 10.2. The van der Waals surface area contributed by atoms with E-state index in [1.54, 1.807) is 7.11 Å². The van der Waals surface area contributed by atoms with E-state index in [2.05, 4.69) is 40.2 Å². The predicted octanol–water partition coefficient (Wildman–Crippen LogP) is 3.39. The summed E-state index contributed by atoms with van der Waals surface area (Å²) < 4.78 is 8.11. The summed E-state index contributed by atoms with van der Waals surface area (Å²) in [5.74, 6) is 1.45. The predicted molar refractivity (Wildman–Crippen MR) is 84.4 cm³/mol. The van der Waals surface area contributed by atoms with E-state index in [1.165, 1.54) is 0 Å². The number of nitrogens with zero attached hydrogens (tertiary/aromatic N) is 2. The molecule has 0 spiro atoms. The molecule has 0 aliphatic rings. The molecule has 5 heteroatoms. The Hall–Kier alpha value is -1.33. The third kappa shape index (κ3) is 3.84. The van der Waals surface area contributed by atoms with Crippen molar-refractivity contribution in [2.24, 2.45) is 5.92 Å². The van der Waals surface area contributed by atoms with Gasteiger partial charge in [-0.25, -0.2) is 4.68 Å². The summed E-state index contributed by atoms with van der Waals surface area (Å²) in [5, 5.41) is 7.96. The van der Waals surface area contributed by atoms with Gasteiger partial charge < -0.3 is 10.1 Å². The second-order valence-corrected chi connectivity index (χ2v) is 5.95. The second-order valence-electron chi connectivity index (χ2n) is 5.10. The first kappa shape index (κ1) is 15.1. The van der Waals surface area contributed by atoms with Crippen molar-refractivity contribution < 1.29 is 4.74 Å². The Morgan fingerprint density at radius 3 is 2.85 bits per heavy atom. The molecule has 0 aliphatic heterocycles. The summed E-state index contributed by atoms with van der Waals surface area (Å²) >= 11 is 3.45. The first-order valence-corrected chi connectivity index (χ1v) is 7.48. The molecule has 20 heavy (non-hydrogen) atoms. The van der Waals surface area contributed by atoms with E-state index >= 15 is 0 Å². The zero-order chi connectivity index (χ0) is 14.5. The van der Waals surface area contributed by atoms with E-state index < -0.39 is 0 Å². The first-order chi connectivity index (χ1) is 9.60. The van der Waals surface area contributed by atoms with Gasteiger partial charge in [0.2, 0.25) is 0 Å². The van der Waals surface area contributed by atoms with Crippen LogP contribution in [0, 0.1) is 5.92 Å². The molecule has 0 saturated heterocycles. The van der Waals surface area contributed by atoms with Gasteiger partial charge in [-0.05, 0) is 46.6 Å². The highest BCUT2D eigenvalue weighted by molar-refractivity contribution is 9.10. The van der Waals surface area contributed by atoms with Gasteiger partial charge in [-0.15, -0.1) is 0 Å². The minimum absolute atomic E-state index is 0.646. The van der Waals surface area contributed by atoms with Crippen LogP contribution in [0.2, 0.25) is 0 Å². The normalized spacial score (nSPS) is 11.1. The summed E-state index contributed by atoms with van der Waals surface area (Å²) in [6, 6.07) is 7.96. The number of benzene rings is 1. The van der Waals surface area contributed by atoms with Crippen molar-refractivity contribution >= 4 is 15.9 Å². The number of nitrogens with one attached hydrogen (secondary N) is 1. The molecule has 108 valence electrons. The van der Waals surface area contributed by atoms with Crippen LogP contribution >= 0.6 is 15.9 Å². The Morgan fingerprint density at radius 2 is 2.15 bits per heavy atom. The molecule has 0 atom stereocenters. The molecule has 1 aromatic carbocycles. The topological polar surface area (TPSA) is 39.1 Å². The maximum atomic E-state index is 5.30. The van der Waals surface area contributed by atoms with Crippen molar-refractivity contribution in [2.45, 2.75) is 20.4 Å². The van der Waals surface area contributed by atoms with Crippen LogP contribution in [0.25, 0.3) is 5.69 Å². The Morgan fingerprint density at radius 1 is 1.35 bits per heavy atom. The minimum Gasteiger partial charge on any atom is -0.495 e. The van der Waals surface area contributed by atoms with Gasteiger partial charge in [-0.1, -0.05) is 13.8 Å². The summed E-state index contributed by atoms with van der Waals surface area (Å²) in [5.41, 5.74) is 2.02. The third-order valence-electron chi connectivity index (χ3n) is 2.90. The van der Waals surface area contributed by atoms with Crippen LogP contribution in [-0.4, -0.2) is 23.4 Å². The van der Waals surface area contributed by atoms with E-state index in [-0.39, 0.29) is 0 Å². The molecule has 0 radical (unpaired) electrons. The molecular formula is C15H20BrN3O. The number of halogens is 1. The van der Waals surface area contributed by atoms with Crippen molar-refractivity contribution in [3.63, 3.8) is 0 Å². The van der Waals surface area contributed by atoms with Crippen LogP contribution < -0.4 is 10.1 Å². The van der Waals surface area contributed by atoms with E-state index in [1.807, 2.05) is 35.1 Å². The Balaban J connectivity index is 2.08. The quantitative estimate of drug-likeness (QED) is 0.878. The largest absolute Gasteiger partial charge is 0.495 e. The zero-order valence-electron chi connectivity index (χ0n) is 12.1. The van der Waals surface area contributed by atoms with Gasteiger partial charge in [0.05, 0.1) is 23.0 Å². The number of hydrogen-bond acceptors (Lipinski definition) is 3. The fraction of sp³-hybridized carbons (Fsp3) is 0.400. The van der Waals surface area contributed by atoms with Gasteiger partial charge >= 0.3 is 0 Å². The Bertz CT molecular complexity index is 566. The highest BCUT2D eigenvalue weighted by Gasteiger charge is 2.05. The third-order valence-corrected chi connectivity index (χ3v) is 3.56. The van der Waals surface area contributed by atoms with Gasteiger partial charge in [0.15, 0.2) is 0 Å². The molecule has 2 rings (SSSR count). The number of aromatic nitrogens is 2. The number of ether oxygens (including phenoxy) is 1. The standard InChI is InChI=1S/C15H20BrN3O/c1-11(2)9-17-10-12-6-7-19(18-12)13-4-5-14(16)15(8-13)20-3/h4-8,11,17H,9-10H2,1-3H3. The summed E-state index contributed by atoms with van der Waals surface area (Å²) in [6.45, 7) is 6.18. The Labute approximate surface area is 128 Å². The molecule has 2 aromatic rings. The molecule has 4 nitrogen and oxygen atoms in total. The lowest BCUT2D eigenvalue weighted by molar-refractivity contribution is 0.412. The molecule has 0 unspecified atom stereocenters. The molecule has 1 aromatic heterocycles. The SMILES string of the molecule is COc1cc(-n2ccc(CNCC(C)C)n2)ccc1Br. The summed E-state index contributed by atoms with van der Waals surface area (Å²) in [6.07, 6.45) is 1.97. The molecule has 1 heterocycles.